The zero-order chi connectivity index (χ0) is 14.8. The Balaban J connectivity index is 1.93. The van der Waals surface area contributed by atoms with Crippen molar-refractivity contribution in [1.82, 2.24) is 5.32 Å². The van der Waals surface area contributed by atoms with Gasteiger partial charge in [0.2, 0.25) is 5.91 Å². The van der Waals surface area contributed by atoms with E-state index in [9.17, 15) is 4.79 Å². The SMILES string of the molecule is Cc1ccc(/C=C/C(=O)NC2CCC(C)(C)C2)c(C)c1. The van der Waals surface area contributed by atoms with E-state index in [0.29, 0.717) is 11.5 Å². The quantitative estimate of drug-likeness (QED) is 0.827. The van der Waals surface area contributed by atoms with Gasteiger partial charge in [0, 0.05) is 12.1 Å². The molecule has 1 N–H and O–H groups in total. The van der Waals surface area contributed by atoms with Crippen molar-refractivity contribution >= 4 is 12.0 Å². The van der Waals surface area contributed by atoms with Crippen LogP contribution in [0.3, 0.4) is 0 Å². The molecular formula is C18H25NO. The van der Waals surface area contributed by atoms with Gasteiger partial charge in [-0.25, -0.2) is 0 Å². The van der Waals surface area contributed by atoms with Gasteiger partial charge in [-0.15, -0.1) is 0 Å². The van der Waals surface area contributed by atoms with Crippen molar-refractivity contribution < 1.29 is 4.79 Å². The minimum absolute atomic E-state index is 0.0210. The number of amides is 1. The Morgan fingerprint density at radius 1 is 1.35 bits per heavy atom. The second-order valence-corrected chi connectivity index (χ2v) is 6.81. The van der Waals surface area contributed by atoms with Crippen LogP contribution in [0.1, 0.15) is 49.8 Å². The molecule has 1 fully saturated rings. The fourth-order valence-electron chi connectivity index (χ4n) is 2.99. The molecule has 1 saturated carbocycles. The molecule has 1 unspecified atom stereocenters. The normalized spacial score (nSPS) is 21.3. The lowest BCUT2D eigenvalue weighted by Crippen LogP contribution is -2.32. The molecule has 0 saturated heterocycles. The number of carbonyl (C=O) groups is 1. The first kappa shape index (κ1) is 14.8. The van der Waals surface area contributed by atoms with Gasteiger partial charge in [0.05, 0.1) is 0 Å². The summed E-state index contributed by atoms with van der Waals surface area (Å²) in [6.45, 7) is 8.69. The maximum absolute atomic E-state index is 12.0. The van der Waals surface area contributed by atoms with Crippen LogP contribution in [0.25, 0.3) is 6.08 Å². The van der Waals surface area contributed by atoms with Gasteiger partial charge in [0.25, 0.3) is 0 Å². The van der Waals surface area contributed by atoms with E-state index in [0.717, 1.165) is 18.4 Å². The zero-order valence-corrected chi connectivity index (χ0v) is 13.0. The Morgan fingerprint density at radius 2 is 2.10 bits per heavy atom. The van der Waals surface area contributed by atoms with Crippen LogP contribution >= 0.6 is 0 Å². The van der Waals surface area contributed by atoms with Gasteiger partial charge >= 0.3 is 0 Å². The predicted octanol–water partition coefficient (Wildman–Crippen LogP) is 4.01. The first-order valence-electron chi connectivity index (χ1n) is 7.42. The Kier molecular flexibility index (Phi) is 4.32. The molecule has 0 heterocycles. The molecule has 2 heteroatoms. The van der Waals surface area contributed by atoms with E-state index in [2.05, 4.69) is 51.2 Å². The van der Waals surface area contributed by atoms with E-state index >= 15 is 0 Å². The molecule has 1 atom stereocenters. The average Bonchev–Trinajstić information content (AvgIpc) is 2.67. The number of carbonyl (C=O) groups excluding carboxylic acids is 1. The Bertz CT molecular complexity index is 528. The van der Waals surface area contributed by atoms with Crippen LogP contribution in [0, 0.1) is 19.3 Å². The summed E-state index contributed by atoms with van der Waals surface area (Å²) in [4.78, 5) is 12.0. The summed E-state index contributed by atoms with van der Waals surface area (Å²) in [5.41, 5.74) is 3.93. The first-order valence-corrected chi connectivity index (χ1v) is 7.42. The summed E-state index contributed by atoms with van der Waals surface area (Å²) < 4.78 is 0. The minimum atomic E-state index is 0.0210. The smallest absolute Gasteiger partial charge is 0.244 e. The molecule has 1 aliphatic rings. The van der Waals surface area contributed by atoms with E-state index in [1.807, 2.05) is 6.08 Å². The molecule has 108 valence electrons. The standard InChI is InChI=1S/C18H25NO/c1-13-5-6-15(14(2)11-13)7-8-17(20)19-16-9-10-18(3,4)12-16/h5-8,11,16H,9-10,12H2,1-4H3,(H,19,20)/b8-7+. The van der Waals surface area contributed by atoms with Crippen LogP contribution in [0.5, 0.6) is 0 Å². The lowest BCUT2D eigenvalue weighted by molar-refractivity contribution is -0.117. The van der Waals surface area contributed by atoms with E-state index in [1.54, 1.807) is 6.08 Å². The molecule has 20 heavy (non-hydrogen) atoms. The molecule has 2 nitrogen and oxygen atoms in total. The zero-order valence-electron chi connectivity index (χ0n) is 13.0. The van der Waals surface area contributed by atoms with Gasteiger partial charge in [-0.2, -0.15) is 0 Å². The number of hydrogen-bond acceptors (Lipinski definition) is 1. The lowest BCUT2D eigenvalue weighted by atomic mass is 9.92. The molecule has 1 aromatic rings. The monoisotopic (exact) mass is 271 g/mol. The van der Waals surface area contributed by atoms with Crippen LogP contribution < -0.4 is 5.32 Å². The molecule has 1 aliphatic carbocycles. The highest BCUT2D eigenvalue weighted by Gasteiger charge is 2.31. The summed E-state index contributed by atoms with van der Waals surface area (Å²) >= 11 is 0. The first-order chi connectivity index (χ1) is 9.35. The van der Waals surface area contributed by atoms with Gasteiger partial charge in [-0.3, -0.25) is 4.79 Å². The number of rotatable bonds is 3. The van der Waals surface area contributed by atoms with Crippen molar-refractivity contribution in [2.45, 2.75) is 53.0 Å². The average molecular weight is 271 g/mol. The second-order valence-electron chi connectivity index (χ2n) is 6.81. The summed E-state index contributed by atoms with van der Waals surface area (Å²) in [6, 6.07) is 6.61. The van der Waals surface area contributed by atoms with E-state index in [-0.39, 0.29) is 5.91 Å². The van der Waals surface area contributed by atoms with Crippen molar-refractivity contribution in [3.8, 4) is 0 Å². The molecule has 1 aromatic carbocycles. The molecule has 1 amide bonds. The van der Waals surface area contributed by atoms with Gasteiger partial charge in [-0.1, -0.05) is 37.6 Å². The number of nitrogens with one attached hydrogen (secondary N) is 1. The van der Waals surface area contributed by atoms with E-state index in [4.69, 9.17) is 0 Å². The van der Waals surface area contributed by atoms with Crippen LogP contribution in [-0.2, 0) is 4.79 Å². The molecule has 0 bridgehead atoms. The number of hydrogen-bond donors (Lipinski definition) is 1. The summed E-state index contributed by atoms with van der Waals surface area (Å²) in [5, 5.41) is 3.11. The third kappa shape index (κ3) is 3.96. The maximum Gasteiger partial charge on any atom is 0.244 e. The van der Waals surface area contributed by atoms with Crippen LogP contribution in [-0.4, -0.2) is 11.9 Å². The van der Waals surface area contributed by atoms with E-state index < -0.39 is 0 Å². The maximum atomic E-state index is 12.0. The Labute approximate surface area is 122 Å². The highest BCUT2D eigenvalue weighted by molar-refractivity contribution is 5.92. The number of benzene rings is 1. The summed E-state index contributed by atoms with van der Waals surface area (Å²) in [5.74, 6) is 0.0210. The van der Waals surface area contributed by atoms with Gasteiger partial charge < -0.3 is 5.32 Å². The van der Waals surface area contributed by atoms with Crippen molar-refractivity contribution in [3.63, 3.8) is 0 Å². The molecular weight excluding hydrogens is 246 g/mol. The lowest BCUT2D eigenvalue weighted by Gasteiger charge is -2.17. The molecule has 2 rings (SSSR count). The third-order valence-corrected chi connectivity index (χ3v) is 4.15. The Hall–Kier alpha value is -1.57. The fourth-order valence-corrected chi connectivity index (χ4v) is 2.99. The van der Waals surface area contributed by atoms with Crippen molar-refractivity contribution in [1.29, 1.82) is 0 Å². The fraction of sp³-hybridized carbons (Fsp3) is 0.500. The van der Waals surface area contributed by atoms with Gasteiger partial charge in [0.1, 0.15) is 0 Å². The summed E-state index contributed by atoms with van der Waals surface area (Å²) in [7, 11) is 0. The van der Waals surface area contributed by atoms with Gasteiger partial charge in [0.15, 0.2) is 0 Å². The minimum Gasteiger partial charge on any atom is -0.350 e. The molecule has 0 aromatic heterocycles. The highest BCUT2D eigenvalue weighted by atomic mass is 16.1. The van der Waals surface area contributed by atoms with E-state index in [1.165, 1.54) is 17.5 Å². The number of aryl methyl sites for hydroxylation is 2. The third-order valence-electron chi connectivity index (χ3n) is 4.15. The Morgan fingerprint density at radius 3 is 2.70 bits per heavy atom. The topological polar surface area (TPSA) is 29.1 Å². The van der Waals surface area contributed by atoms with Gasteiger partial charge in [-0.05, 0) is 55.7 Å². The second kappa shape index (κ2) is 5.82. The molecule has 0 aliphatic heterocycles. The predicted molar refractivity (Wildman–Crippen MR) is 84.5 cm³/mol. The highest BCUT2D eigenvalue weighted by Crippen LogP contribution is 2.36. The molecule has 0 radical (unpaired) electrons. The van der Waals surface area contributed by atoms with Crippen molar-refractivity contribution in [2.24, 2.45) is 5.41 Å². The largest absolute Gasteiger partial charge is 0.350 e. The van der Waals surface area contributed by atoms with Crippen molar-refractivity contribution in [3.05, 3.63) is 41.0 Å². The van der Waals surface area contributed by atoms with Crippen LogP contribution in [0.2, 0.25) is 0 Å². The summed E-state index contributed by atoms with van der Waals surface area (Å²) in [6.07, 6.45) is 6.93. The molecule has 0 spiro atoms. The van der Waals surface area contributed by atoms with Crippen LogP contribution in [0.15, 0.2) is 24.3 Å². The van der Waals surface area contributed by atoms with Crippen LogP contribution in [0.4, 0.5) is 0 Å². The van der Waals surface area contributed by atoms with Crippen molar-refractivity contribution in [2.75, 3.05) is 0 Å².